The van der Waals surface area contributed by atoms with Crippen molar-refractivity contribution in [3.8, 4) is 0 Å². The quantitative estimate of drug-likeness (QED) is 0.796. The van der Waals surface area contributed by atoms with Crippen LogP contribution in [0.2, 0.25) is 0 Å². The summed E-state index contributed by atoms with van der Waals surface area (Å²) in [4.78, 5) is 15.0. The van der Waals surface area contributed by atoms with Gasteiger partial charge in [0.05, 0.1) is 12.2 Å². The van der Waals surface area contributed by atoms with E-state index in [0.29, 0.717) is 12.2 Å². The van der Waals surface area contributed by atoms with Gasteiger partial charge in [-0.1, -0.05) is 18.2 Å². The number of hydrogen-bond donors (Lipinski definition) is 1. The summed E-state index contributed by atoms with van der Waals surface area (Å²) in [5.74, 6) is 0.858. The average Bonchev–Trinajstić information content (AvgIpc) is 3.23. The number of H-pyrrole nitrogens is 1. The van der Waals surface area contributed by atoms with Crippen LogP contribution in [-0.4, -0.2) is 40.2 Å². The summed E-state index contributed by atoms with van der Waals surface area (Å²) < 4.78 is 5.92. The highest BCUT2D eigenvalue weighted by Gasteiger charge is 2.34. The van der Waals surface area contributed by atoms with Crippen LogP contribution in [0.15, 0.2) is 42.7 Å². The van der Waals surface area contributed by atoms with Gasteiger partial charge in [0.1, 0.15) is 0 Å². The fraction of sp³-hybridized carbons (Fsp3) is 0.400. The highest BCUT2D eigenvalue weighted by molar-refractivity contribution is 5.83. The van der Waals surface area contributed by atoms with Gasteiger partial charge in [-0.2, -0.15) is 0 Å². The molecule has 2 aromatic heterocycles. The van der Waals surface area contributed by atoms with E-state index in [4.69, 9.17) is 9.72 Å². The number of aromatic amines is 1. The number of ether oxygens (including phenoxy) is 1. The Bertz CT molecular complexity index is 878. The molecule has 4 heterocycles. The summed E-state index contributed by atoms with van der Waals surface area (Å²) in [6.45, 7) is 1.84. The largest absolute Gasteiger partial charge is 0.371 e. The Kier molecular flexibility index (Phi) is 3.67. The van der Waals surface area contributed by atoms with Crippen molar-refractivity contribution < 1.29 is 4.74 Å². The van der Waals surface area contributed by atoms with Gasteiger partial charge in [0.25, 0.3) is 0 Å². The minimum atomic E-state index is 0.359. The highest BCUT2D eigenvalue weighted by atomic mass is 16.5. The van der Waals surface area contributed by atoms with Crippen LogP contribution in [-0.2, 0) is 17.6 Å². The molecule has 0 amide bonds. The van der Waals surface area contributed by atoms with Crippen molar-refractivity contribution in [1.29, 1.82) is 0 Å². The molecule has 2 unspecified atom stereocenters. The molecule has 25 heavy (non-hydrogen) atoms. The summed E-state index contributed by atoms with van der Waals surface area (Å²) in [6, 6.07) is 10.5. The maximum Gasteiger partial charge on any atom is 0.225 e. The van der Waals surface area contributed by atoms with E-state index in [1.165, 1.54) is 29.3 Å². The lowest BCUT2D eigenvalue weighted by Gasteiger charge is -2.32. The molecule has 1 N–H and O–H groups in total. The molecule has 5 rings (SSSR count). The lowest BCUT2D eigenvalue weighted by atomic mass is 10.1. The van der Waals surface area contributed by atoms with Crippen molar-refractivity contribution in [2.45, 2.75) is 37.9 Å². The minimum Gasteiger partial charge on any atom is -0.371 e. The molecular weight excluding hydrogens is 312 g/mol. The lowest BCUT2D eigenvalue weighted by molar-refractivity contribution is 0.0299. The average molecular weight is 334 g/mol. The molecular formula is C20H22N4O. The van der Waals surface area contributed by atoms with Crippen molar-refractivity contribution >= 4 is 16.9 Å². The molecule has 2 aliphatic rings. The van der Waals surface area contributed by atoms with E-state index >= 15 is 0 Å². The van der Waals surface area contributed by atoms with Gasteiger partial charge in [-0.3, -0.25) is 0 Å². The van der Waals surface area contributed by atoms with Gasteiger partial charge < -0.3 is 14.6 Å². The van der Waals surface area contributed by atoms with E-state index in [9.17, 15) is 0 Å². The number of anilines is 1. The molecule has 5 heteroatoms. The number of rotatable bonds is 4. The summed E-state index contributed by atoms with van der Waals surface area (Å²) >= 11 is 0. The Labute approximate surface area is 147 Å². The van der Waals surface area contributed by atoms with E-state index in [0.717, 1.165) is 37.6 Å². The number of hydrogen-bond acceptors (Lipinski definition) is 4. The summed E-state index contributed by atoms with van der Waals surface area (Å²) in [6.07, 6.45) is 8.97. The lowest BCUT2D eigenvalue weighted by Crippen LogP contribution is -2.43. The first-order chi connectivity index (χ1) is 12.3. The van der Waals surface area contributed by atoms with E-state index in [1.54, 1.807) is 0 Å². The van der Waals surface area contributed by atoms with Crippen molar-refractivity contribution in [1.82, 2.24) is 15.0 Å². The molecule has 0 saturated carbocycles. The van der Waals surface area contributed by atoms with Gasteiger partial charge in [-0.05, 0) is 43.4 Å². The maximum absolute atomic E-state index is 5.92. The number of nitrogens with zero attached hydrogens (tertiary/aromatic N) is 3. The van der Waals surface area contributed by atoms with E-state index in [1.807, 2.05) is 12.3 Å². The molecule has 2 atom stereocenters. The first-order valence-electron chi connectivity index (χ1n) is 9.12. The monoisotopic (exact) mass is 334 g/mol. The molecule has 0 aliphatic carbocycles. The minimum absolute atomic E-state index is 0.359. The normalized spacial score (nSPS) is 22.6. The molecule has 2 fully saturated rings. The SMILES string of the molecule is c1ccc2c(CCc3ccnc(N4CC5CCC(C4)O5)n3)c[nH]c2c1. The van der Waals surface area contributed by atoms with Gasteiger partial charge in [-0.25, -0.2) is 9.97 Å². The van der Waals surface area contributed by atoms with Crippen LogP contribution in [0.5, 0.6) is 0 Å². The number of aromatic nitrogens is 3. The molecule has 2 saturated heterocycles. The topological polar surface area (TPSA) is 54.0 Å². The van der Waals surface area contributed by atoms with Crippen LogP contribution < -0.4 is 4.90 Å². The number of aryl methyl sites for hydroxylation is 2. The Balaban J connectivity index is 1.31. The van der Waals surface area contributed by atoms with Gasteiger partial charge >= 0.3 is 0 Å². The van der Waals surface area contributed by atoms with Crippen molar-refractivity contribution in [2.24, 2.45) is 0 Å². The fourth-order valence-electron chi connectivity index (χ4n) is 4.06. The highest BCUT2D eigenvalue weighted by Crippen LogP contribution is 2.28. The number of fused-ring (bicyclic) bond motifs is 3. The van der Waals surface area contributed by atoms with Crippen LogP contribution in [0.1, 0.15) is 24.1 Å². The molecule has 2 bridgehead atoms. The van der Waals surface area contributed by atoms with Crippen molar-refractivity contribution in [2.75, 3.05) is 18.0 Å². The Morgan fingerprint density at radius 1 is 1.08 bits per heavy atom. The molecule has 128 valence electrons. The predicted molar refractivity (Wildman–Crippen MR) is 97.8 cm³/mol. The van der Waals surface area contributed by atoms with Gasteiger partial charge in [-0.15, -0.1) is 0 Å². The molecule has 2 aliphatic heterocycles. The summed E-state index contributed by atoms with van der Waals surface area (Å²) in [5, 5.41) is 1.31. The van der Waals surface area contributed by atoms with E-state index < -0.39 is 0 Å². The van der Waals surface area contributed by atoms with Crippen LogP contribution >= 0.6 is 0 Å². The van der Waals surface area contributed by atoms with Crippen LogP contribution in [0.4, 0.5) is 5.95 Å². The molecule has 5 nitrogen and oxygen atoms in total. The zero-order valence-corrected chi connectivity index (χ0v) is 14.2. The van der Waals surface area contributed by atoms with Crippen molar-refractivity contribution in [3.05, 3.63) is 54.0 Å². The predicted octanol–water partition coefficient (Wildman–Crippen LogP) is 3.11. The van der Waals surface area contributed by atoms with Gasteiger partial charge in [0.2, 0.25) is 5.95 Å². The summed E-state index contributed by atoms with van der Waals surface area (Å²) in [5.41, 5.74) is 3.65. The molecule has 3 aromatic rings. The van der Waals surface area contributed by atoms with Crippen LogP contribution in [0.25, 0.3) is 10.9 Å². The molecule has 0 radical (unpaired) electrons. The van der Waals surface area contributed by atoms with Crippen LogP contribution in [0, 0.1) is 0 Å². The maximum atomic E-state index is 5.92. The third-order valence-corrected chi connectivity index (χ3v) is 5.35. The third kappa shape index (κ3) is 2.89. The standard InChI is InChI=1S/C20H22N4O/c1-2-4-19-18(3-1)14(11-22-19)5-6-15-9-10-21-20(23-15)24-12-16-7-8-17(13-24)25-16/h1-4,9-11,16-17,22H,5-8,12-13H2. The van der Waals surface area contributed by atoms with E-state index in [-0.39, 0.29) is 0 Å². The van der Waals surface area contributed by atoms with Crippen LogP contribution in [0.3, 0.4) is 0 Å². The zero-order chi connectivity index (χ0) is 16.6. The van der Waals surface area contributed by atoms with E-state index in [2.05, 4.69) is 45.3 Å². The smallest absolute Gasteiger partial charge is 0.225 e. The first-order valence-corrected chi connectivity index (χ1v) is 9.12. The third-order valence-electron chi connectivity index (χ3n) is 5.35. The second-order valence-corrected chi connectivity index (χ2v) is 7.07. The molecule has 1 aromatic carbocycles. The second kappa shape index (κ2) is 6.15. The number of benzene rings is 1. The van der Waals surface area contributed by atoms with Gasteiger partial charge in [0, 0.05) is 42.1 Å². The number of nitrogens with one attached hydrogen (secondary N) is 1. The number of morpholine rings is 1. The Hall–Kier alpha value is -2.40. The summed E-state index contributed by atoms with van der Waals surface area (Å²) in [7, 11) is 0. The zero-order valence-electron chi connectivity index (χ0n) is 14.2. The number of para-hydroxylation sites is 1. The fourth-order valence-corrected chi connectivity index (χ4v) is 4.06. The Morgan fingerprint density at radius 2 is 1.92 bits per heavy atom. The first kappa shape index (κ1) is 14.9. The van der Waals surface area contributed by atoms with Gasteiger partial charge in [0.15, 0.2) is 0 Å². The Morgan fingerprint density at radius 3 is 2.80 bits per heavy atom. The second-order valence-electron chi connectivity index (χ2n) is 7.07. The van der Waals surface area contributed by atoms with Crippen molar-refractivity contribution in [3.63, 3.8) is 0 Å². The molecule has 0 spiro atoms.